The van der Waals surface area contributed by atoms with Gasteiger partial charge in [-0.3, -0.25) is 0 Å². The fourth-order valence-corrected chi connectivity index (χ4v) is 8.53. The van der Waals surface area contributed by atoms with E-state index in [9.17, 15) is 4.79 Å². The monoisotopic (exact) mass is 313 g/mol. The van der Waals surface area contributed by atoms with Crippen molar-refractivity contribution in [2.24, 2.45) is 0 Å². The first-order valence-electron chi connectivity index (χ1n) is 5.04. The van der Waals surface area contributed by atoms with Crippen LogP contribution in [0.25, 0.3) is 0 Å². The van der Waals surface area contributed by atoms with Crippen molar-refractivity contribution in [3.63, 3.8) is 0 Å². The number of nitrogens with one attached hydrogen (secondary N) is 1. The number of alkyl halides is 1. The summed E-state index contributed by atoms with van der Waals surface area (Å²) in [6, 6.07) is 8.12. The number of fused-ring (bicyclic) bond motifs is 3. The van der Waals surface area contributed by atoms with Gasteiger partial charge in [0.15, 0.2) is 0 Å². The van der Waals surface area contributed by atoms with Gasteiger partial charge in [-0.15, -0.1) is 0 Å². The number of carbonyl (C=O) groups is 1. The van der Waals surface area contributed by atoms with Crippen LogP contribution in [0, 0.1) is 3.57 Å². The molecule has 0 amide bonds. The number of ketones is 1. The van der Waals surface area contributed by atoms with Crippen LogP contribution >= 0.6 is 19.8 Å². The molecule has 2 aliphatic rings. The second kappa shape index (κ2) is 3.33. The van der Waals surface area contributed by atoms with Crippen LogP contribution in [-0.4, -0.2) is 16.3 Å². The molecule has 1 aromatic rings. The summed E-state index contributed by atoms with van der Waals surface area (Å²) in [7, 11) is 0. The summed E-state index contributed by atoms with van der Waals surface area (Å²) in [6.07, 6.45) is 1.83. The molecule has 0 saturated carbocycles. The van der Waals surface area contributed by atoms with E-state index in [-0.39, 0.29) is 5.78 Å². The minimum atomic E-state index is -1.28. The van der Waals surface area contributed by atoms with Crippen LogP contribution in [0.4, 0.5) is 0 Å². The molecular formula is C12H12INO. The van der Waals surface area contributed by atoms with Crippen molar-refractivity contribution in [3.8, 4) is 0 Å². The Kier molecular flexibility index (Phi) is 2.09. The zero-order valence-electron chi connectivity index (χ0n) is 8.46. The number of hydrogen-bond donors (Lipinski definition) is 1. The van der Waals surface area contributed by atoms with Crippen LogP contribution in [0.2, 0.25) is 0 Å². The molecule has 1 atom stereocenters. The third-order valence-electron chi connectivity index (χ3n) is 2.76. The molecule has 1 fully saturated rings. The first-order valence-corrected chi connectivity index (χ1v) is 8.45. The molecule has 2 aliphatic heterocycles. The zero-order valence-corrected chi connectivity index (χ0v) is 10.6. The van der Waals surface area contributed by atoms with Crippen molar-refractivity contribution in [3.05, 3.63) is 43.2 Å². The van der Waals surface area contributed by atoms with E-state index in [2.05, 4.69) is 24.4 Å². The van der Waals surface area contributed by atoms with Crippen LogP contribution in [0.1, 0.15) is 17.3 Å². The zero-order chi connectivity index (χ0) is 10.4. The third kappa shape index (κ3) is 1.33. The van der Waals surface area contributed by atoms with Crippen LogP contribution < -0.4 is 5.32 Å². The Morgan fingerprint density at radius 3 is 3.07 bits per heavy atom. The van der Waals surface area contributed by atoms with Crippen LogP contribution in [0.3, 0.4) is 0 Å². The SMILES string of the molecule is CC1CNC2=CC(=O)c3ccccc3I21. The molecule has 0 radical (unpaired) electrons. The molecule has 0 bridgehead atoms. The molecule has 3 rings (SSSR count). The summed E-state index contributed by atoms with van der Waals surface area (Å²) in [5.41, 5.74) is 0.946. The summed E-state index contributed by atoms with van der Waals surface area (Å²) in [5, 5.41) is 3.39. The third-order valence-corrected chi connectivity index (χ3v) is 9.47. The van der Waals surface area contributed by atoms with E-state index in [1.807, 2.05) is 18.2 Å². The van der Waals surface area contributed by atoms with E-state index in [1.165, 1.54) is 7.27 Å². The Morgan fingerprint density at radius 1 is 1.40 bits per heavy atom. The summed E-state index contributed by atoms with van der Waals surface area (Å²) in [4.78, 5) is 11.8. The fraction of sp³-hybridized carbons (Fsp3) is 0.250. The first-order chi connectivity index (χ1) is 7.27. The van der Waals surface area contributed by atoms with Gasteiger partial charge in [0.25, 0.3) is 0 Å². The Morgan fingerprint density at radius 2 is 2.20 bits per heavy atom. The molecule has 1 aromatic carbocycles. The van der Waals surface area contributed by atoms with E-state index in [1.54, 1.807) is 0 Å². The molecule has 3 heteroatoms. The van der Waals surface area contributed by atoms with E-state index >= 15 is 0 Å². The van der Waals surface area contributed by atoms with Gasteiger partial charge in [0.05, 0.1) is 0 Å². The number of benzene rings is 1. The van der Waals surface area contributed by atoms with Crippen LogP contribution in [0.5, 0.6) is 0 Å². The molecule has 78 valence electrons. The van der Waals surface area contributed by atoms with Gasteiger partial charge in [0.2, 0.25) is 0 Å². The molecule has 0 aliphatic carbocycles. The Bertz CT molecular complexity index is 466. The topological polar surface area (TPSA) is 29.1 Å². The van der Waals surface area contributed by atoms with Gasteiger partial charge in [-0.05, 0) is 0 Å². The Balaban J connectivity index is 2.20. The molecule has 1 unspecified atom stereocenters. The second-order valence-electron chi connectivity index (χ2n) is 3.81. The van der Waals surface area contributed by atoms with E-state index in [0.717, 1.165) is 16.0 Å². The van der Waals surface area contributed by atoms with Gasteiger partial charge in [-0.25, -0.2) is 0 Å². The quantitative estimate of drug-likeness (QED) is 0.453. The average Bonchev–Trinajstić information content (AvgIpc) is 2.61. The Hall–Kier alpha value is -0.840. The van der Waals surface area contributed by atoms with E-state index in [0.29, 0.717) is 0 Å². The van der Waals surface area contributed by atoms with Gasteiger partial charge in [-0.1, -0.05) is 0 Å². The maximum atomic E-state index is 11.8. The van der Waals surface area contributed by atoms with Crippen molar-refractivity contribution >= 4 is 25.6 Å². The molecular weight excluding hydrogens is 301 g/mol. The van der Waals surface area contributed by atoms with Crippen molar-refractivity contribution in [1.82, 2.24) is 5.32 Å². The van der Waals surface area contributed by atoms with Gasteiger partial charge in [0.1, 0.15) is 0 Å². The summed E-state index contributed by atoms with van der Waals surface area (Å²) >= 11 is -1.28. The predicted octanol–water partition coefficient (Wildman–Crippen LogP) is 2.39. The molecule has 2 heterocycles. The van der Waals surface area contributed by atoms with Gasteiger partial charge in [0, 0.05) is 0 Å². The normalized spacial score (nSPS) is 25.4. The number of rotatable bonds is 0. The van der Waals surface area contributed by atoms with Gasteiger partial charge < -0.3 is 0 Å². The number of allylic oxidation sites excluding steroid dienone is 1. The standard InChI is InChI=1S/C12H12INO/c1-8-7-14-12-6-11(15)9-4-2-3-5-10(9)13(8)12/h2-6,8,14H,7H2,1H3. The van der Waals surface area contributed by atoms with Crippen molar-refractivity contribution in [2.45, 2.75) is 10.8 Å². The van der Waals surface area contributed by atoms with Crippen molar-refractivity contribution < 1.29 is 4.79 Å². The summed E-state index contributed by atoms with van der Waals surface area (Å²) < 4.78 is 3.34. The molecule has 2 nitrogen and oxygen atoms in total. The first kappa shape index (κ1) is 9.39. The summed E-state index contributed by atoms with van der Waals surface area (Å²) in [6.45, 7) is 3.34. The second-order valence-corrected chi connectivity index (χ2v) is 10.0. The summed E-state index contributed by atoms with van der Waals surface area (Å²) in [5.74, 6) is 0.177. The molecule has 1 N–H and O–H groups in total. The molecule has 1 saturated heterocycles. The molecule has 0 spiro atoms. The maximum absolute atomic E-state index is 11.8. The average molecular weight is 313 g/mol. The van der Waals surface area contributed by atoms with Crippen LogP contribution in [0.15, 0.2) is 34.0 Å². The fourth-order valence-electron chi connectivity index (χ4n) is 2.04. The van der Waals surface area contributed by atoms with E-state index < -0.39 is 19.8 Å². The Labute approximate surface area is 96.1 Å². The van der Waals surface area contributed by atoms with Gasteiger partial charge >= 0.3 is 96.3 Å². The number of hydrogen-bond acceptors (Lipinski definition) is 2. The minimum absolute atomic E-state index is 0.177. The van der Waals surface area contributed by atoms with Crippen LogP contribution in [-0.2, 0) is 0 Å². The number of carbonyl (C=O) groups excluding carboxylic acids is 1. The number of halogens is 1. The van der Waals surface area contributed by atoms with E-state index in [4.69, 9.17) is 0 Å². The predicted molar refractivity (Wildman–Crippen MR) is 69.0 cm³/mol. The molecule has 0 aromatic heterocycles. The van der Waals surface area contributed by atoms with Gasteiger partial charge in [-0.2, -0.15) is 0 Å². The molecule has 15 heavy (non-hydrogen) atoms. The van der Waals surface area contributed by atoms with Crippen molar-refractivity contribution in [1.29, 1.82) is 0 Å². The van der Waals surface area contributed by atoms with Crippen molar-refractivity contribution in [2.75, 3.05) is 6.54 Å².